The van der Waals surface area contributed by atoms with Crippen LogP contribution >= 0.6 is 11.6 Å². The molecule has 2 bridgehead atoms. The summed E-state index contributed by atoms with van der Waals surface area (Å²) in [6.45, 7) is 5.77. The number of para-hydroxylation sites is 2. The topological polar surface area (TPSA) is 96.8 Å². The molecule has 260 valence electrons. The molecule has 3 fully saturated rings. The first-order valence-electron chi connectivity index (χ1n) is 17.3. The number of aromatic nitrogens is 2. The van der Waals surface area contributed by atoms with Crippen LogP contribution in [0.5, 0.6) is 0 Å². The van der Waals surface area contributed by atoms with Crippen molar-refractivity contribution in [2.24, 2.45) is 0 Å². The number of halogens is 2. The van der Waals surface area contributed by atoms with Crippen LogP contribution < -0.4 is 4.89 Å². The van der Waals surface area contributed by atoms with E-state index in [0.29, 0.717) is 44.1 Å². The summed E-state index contributed by atoms with van der Waals surface area (Å²) >= 11 is 6.22. The standard InChI is InChI=1S/C37H43ClFN5O4S/c1-3-48-41-49(46,47)35-21-26(11-14-32(35)38)36(45)42-18-15-37(16-19-42,27-7-6-8-28(39)22-27)17-20-43-29-12-13-30(43)24-31(23-29)44-25(2)40-33-9-4-5-10-34(33)44/h4-11,14,21-22,29-31,41H,3,12-13,15-20,23-24H2,1-2H3/t29-,30+,31?. The Labute approximate surface area is 292 Å². The first-order chi connectivity index (χ1) is 23.6. The Kier molecular flexibility index (Phi) is 9.58. The van der Waals surface area contributed by atoms with Crippen LogP contribution in [0.15, 0.2) is 71.6 Å². The molecular weight excluding hydrogens is 665 g/mol. The highest BCUT2D eigenvalue weighted by Gasteiger charge is 2.44. The van der Waals surface area contributed by atoms with Crippen LogP contribution in [0, 0.1) is 12.7 Å². The molecule has 3 saturated heterocycles. The first-order valence-corrected chi connectivity index (χ1v) is 19.1. The Morgan fingerprint density at radius 3 is 2.47 bits per heavy atom. The number of piperidine rings is 2. The molecular formula is C37H43ClFN5O4S. The minimum absolute atomic E-state index is 0.000898. The molecule has 3 atom stereocenters. The highest BCUT2D eigenvalue weighted by Crippen LogP contribution is 2.45. The highest BCUT2D eigenvalue weighted by molar-refractivity contribution is 7.89. The Balaban J connectivity index is 1.07. The lowest BCUT2D eigenvalue weighted by Crippen LogP contribution is -2.49. The summed E-state index contributed by atoms with van der Waals surface area (Å²) in [5, 5.41) is -0.000898. The summed E-state index contributed by atoms with van der Waals surface area (Å²) in [6.07, 6.45) is 6.77. The third-order valence-corrected chi connectivity index (χ3v) is 12.8. The van der Waals surface area contributed by atoms with Gasteiger partial charge >= 0.3 is 0 Å². The van der Waals surface area contributed by atoms with E-state index in [2.05, 4.69) is 34.6 Å². The lowest BCUT2D eigenvalue weighted by molar-refractivity contribution is 0.0606. The predicted octanol–water partition coefficient (Wildman–Crippen LogP) is 6.80. The van der Waals surface area contributed by atoms with Crippen molar-refractivity contribution in [3.8, 4) is 0 Å². The summed E-state index contributed by atoms with van der Waals surface area (Å²) in [4.78, 5) is 29.7. The van der Waals surface area contributed by atoms with Crippen LogP contribution in [0.25, 0.3) is 11.0 Å². The lowest BCUT2D eigenvalue weighted by Gasteiger charge is -2.45. The van der Waals surface area contributed by atoms with Gasteiger partial charge in [0.2, 0.25) is 0 Å². The Morgan fingerprint density at radius 2 is 1.76 bits per heavy atom. The van der Waals surface area contributed by atoms with Gasteiger partial charge in [-0.25, -0.2) is 17.8 Å². The fourth-order valence-electron chi connectivity index (χ4n) is 8.64. The average Bonchev–Trinajstić information content (AvgIpc) is 3.56. The quantitative estimate of drug-likeness (QED) is 0.182. The SMILES string of the molecule is CCONS(=O)(=O)c1cc(C(=O)N2CCC(CCN3[C@@H]4CC[C@H]3CC(n3c(C)nc5ccccc53)C4)(c3cccc(F)c3)CC2)ccc1Cl. The van der Waals surface area contributed by atoms with Crippen molar-refractivity contribution in [1.82, 2.24) is 24.2 Å². The maximum Gasteiger partial charge on any atom is 0.263 e. The van der Waals surface area contributed by atoms with E-state index < -0.39 is 10.0 Å². The number of benzene rings is 3. The minimum atomic E-state index is -4.07. The Bertz CT molecular complexity index is 1950. The number of aryl methyl sites for hydroxylation is 1. The zero-order valence-corrected chi connectivity index (χ0v) is 29.5. The van der Waals surface area contributed by atoms with Crippen LogP contribution in [0.4, 0.5) is 4.39 Å². The highest BCUT2D eigenvalue weighted by atomic mass is 35.5. The summed E-state index contributed by atoms with van der Waals surface area (Å²) in [6, 6.07) is 21.0. The van der Waals surface area contributed by atoms with Crippen LogP contribution in [0.2, 0.25) is 5.02 Å². The number of nitrogens with zero attached hydrogens (tertiary/aromatic N) is 4. The number of sulfonamides is 1. The fourth-order valence-corrected chi connectivity index (χ4v) is 10.0. The van der Waals surface area contributed by atoms with E-state index in [4.69, 9.17) is 21.4 Å². The largest absolute Gasteiger partial charge is 0.339 e. The summed E-state index contributed by atoms with van der Waals surface area (Å²) < 4.78 is 42.6. The van der Waals surface area contributed by atoms with Crippen LogP contribution in [0.1, 0.15) is 79.7 Å². The van der Waals surface area contributed by atoms with Crippen LogP contribution in [0.3, 0.4) is 0 Å². The van der Waals surface area contributed by atoms with E-state index in [1.807, 2.05) is 17.0 Å². The molecule has 3 aliphatic heterocycles. The van der Waals surface area contributed by atoms with Crippen molar-refractivity contribution in [2.45, 2.75) is 87.2 Å². The molecule has 1 unspecified atom stereocenters. The van der Waals surface area contributed by atoms with Crippen molar-refractivity contribution >= 4 is 38.6 Å². The molecule has 1 N–H and O–H groups in total. The molecule has 3 aliphatic rings. The smallest absolute Gasteiger partial charge is 0.263 e. The normalized spacial score (nSPS) is 22.5. The van der Waals surface area contributed by atoms with E-state index >= 15 is 0 Å². The van der Waals surface area contributed by atoms with E-state index in [9.17, 15) is 17.6 Å². The minimum Gasteiger partial charge on any atom is -0.339 e. The summed E-state index contributed by atoms with van der Waals surface area (Å²) in [7, 11) is -4.07. The monoisotopic (exact) mass is 707 g/mol. The fraction of sp³-hybridized carbons (Fsp3) is 0.459. The van der Waals surface area contributed by atoms with Gasteiger partial charge < -0.3 is 9.47 Å². The van der Waals surface area contributed by atoms with Gasteiger partial charge in [0.15, 0.2) is 0 Å². The van der Waals surface area contributed by atoms with Crippen molar-refractivity contribution in [3.05, 3.63) is 94.5 Å². The molecule has 49 heavy (non-hydrogen) atoms. The number of carbonyl (C=O) groups excluding carboxylic acids is 1. The van der Waals surface area contributed by atoms with Gasteiger partial charge in [0.25, 0.3) is 15.9 Å². The maximum absolute atomic E-state index is 14.7. The van der Waals surface area contributed by atoms with Gasteiger partial charge in [-0.05, 0) is 119 Å². The van der Waals surface area contributed by atoms with Crippen molar-refractivity contribution in [3.63, 3.8) is 0 Å². The Hall–Kier alpha value is -3.35. The average molecular weight is 708 g/mol. The number of hydrogen-bond donors (Lipinski definition) is 1. The van der Waals surface area contributed by atoms with Gasteiger partial charge in [0, 0.05) is 36.8 Å². The number of amides is 1. The van der Waals surface area contributed by atoms with E-state index in [1.54, 1.807) is 30.0 Å². The number of hydrogen-bond acceptors (Lipinski definition) is 6. The van der Waals surface area contributed by atoms with Gasteiger partial charge in [0.1, 0.15) is 16.5 Å². The molecule has 1 aromatic heterocycles. The van der Waals surface area contributed by atoms with Gasteiger partial charge in [-0.2, -0.15) is 0 Å². The molecule has 0 spiro atoms. The van der Waals surface area contributed by atoms with Crippen molar-refractivity contribution in [2.75, 3.05) is 26.2 Å². The van der Waals surface area contributed by atoms with Gasteiger partial charge in [-0.3, -0.25) is 14.5 Å². The second kappa shape index (κ2) is 13.8. The maximum atomic E-state index is 14.7. The molecule has 0 radical (unpaired) electrons. The Morgan fingerprint density at radius 1 is 1.02 bits per heavy atom. The third kappa shape index (κ3) is 6.63. The molecule has 4 heterocycles. The summed E-state index contributed by atoms with van der Waals surface area (Å²) in [5.41, 5.74) is 3.19. The molecule has 9 nitrogen and oxygen atoms in total. The third-order valence-electron chi connectivity index (χ3n) is 11.1. The molecule has 12 heteroatoms. The molecule has 7 rings (SSSR count). The summed E-state index contributed by atoms with van der Waals surface area (Å²) in [5.74, 6) is 0.554. The van der Waals surface area contributed by atoms with Crippen LogP contribution in [-0.2, 0) is 20.3 Å². The van der Waals surface area contributed by atoms with Gasteiger partial charge in [-0.1, -0.05) is 40.8 Å². The number of nitrogens with one attached hydrogen (secondary N) is 1. The second-order valence-corrected chi connectivity index (χ2v) is 15.8. The number of carbonyl (C=O) groups is 1. The molecule has 0 saturated carbocycles. The van der Waals surface area contributed by atoms with E-state index in [-0.39, 0.29) is 39.2 Å². The number of fused-ring (bicyclic) bond motifs is 3. The molecule has 0 aliphatic carbocycles. The molecule has 1 amide bonds. The van der Waals surface area contributed by atoms with Gasteiger partial charge in [-0.15, -0.1) is 0 Å². The van der Waals surface area contributed by atoms with Gasteiger partial charge in [0.05, 0.1) is 22.7 Å². The van der Waals surface area contributed by atoms with Crippen molar-refractivity contribution in [1.29, 1.82) is 0 Å². The lowest BCUT2D eigenvalue weighted by atomic mass is 9.70. The molecule has 3 aromatic carbocycles. The van der Waals surface area contributed by atoms with Crippen molar-refractivity contribution < 1.29 is 22.4 Å². The number of rotatable bonds is 10. The van der Waals surface area contributed by atoms with E-state index in [0.717, 1.165) is 42.7 Å². The zero-order chi connectivity index (χ0) is 34.3. The zero-order valence-electron chi connectivity index (χ0n) is 27.9. The number of likely N-dealkylation sites (tertiary alicyclic amines) is 1. The first kappa shape index (κ1) is 34.1. The van der Waals surface area contributed by atoms with E-state index in [1.165, 1.54) is 36.6 Å². The molecule has 4 aromatic rings. The second-order valence-electron chi connectivity index (χ2n) is 13.8. The number of imidazole rings is 1. The van der Waals surface area contributed by atoms with Crippen LogP contribution in [-0.4, -0.2) is 72.0 Å². The predicted molar refractivity (Wildman–Crippen MR) is 187 cm³/mol.